The highest BCUT2D eigenvalue weighted by atomic mass is 32.1. The lowest BCUT2D eigenvalue weighted by atomic mass is 10.2. The molecule has 0 saturated heterocycles. The predicted molar refractivity (Wildman–Crippen MR) is 110 cm³/mol. The van der Waals surface area contributed by atoms with Crippen molar-refractivity contribution >= 4 is 33.1 Å². The molecule has 4 aromatic rings. The summed E-state index contributed by atoms with van der Waals surface area (Å²) >= 11 is 1.62. The number of nitrogens with one attached hydrogen (secondary N) is 1. The molecule has 0 atom stereocenters. The smallest absolute Gasteiger partial charge is 0.255 e. The maximum Gasteiger partial charge on any atom is 0.255 e. The Labute approximate surface area is 161 Å². The molecule has 0 aliphatic rings. The maximum atomic E-state index is 12.5. The number of ether oxygens (including phenoxy) is 1. The lowest BCUT2D eigenvalue weighted by molar-refractivity contribution is 0.102. The molecule has 27 heavy (non-hydrogen) atoms. The minimum absolute atomic E-state index is 0.148. The van der Waals surface area contributed by atoms with Crippen molar-refractivity contribution in [2.75, 3.05) is 5.32 Å². The van der Waals surface area contributed by atoms with Gasteiger partial charge in [-0.2, -0.15) is 0 Å². The van der Waals surface area contributed by atoms with Gasteiger partial charge in [0.25, 0.3) is 5.91 Å². The molecule has 0 radical (unpaired) electrons. The van der Waals surface area contributed by atoms with Gasteiger partial charge in [0, 0.05) is 11.3 Å². The summed E-state index contributed by atoms with van der Waals surface area (Å²) in [5.41, 5.74) is 3.41. The van der Waals surface area contributed by atoms with Gasteiger partial charge in [-0.3, -0.25) is 4.79 Å². The molecule has 4 nitrogen and oxygen atoms in total. The van der Waals surface area contributed by atoms with Crippen LogP contribution in [0.5, 0.6) is 5.75 Å². The highest BCUT2D eigenvalue weighted by Gasteiger charge is 2.08. The second-order valence-electron chi connectivity index (χ2n) is 6.17. The molecule has 3 aromatic carbocycles. The second-order valence-corrected chi connectivity index (χ2v) is 7.40. The largest absolute Gasteiger partial charge is 0.489 e. The summed E-state index contributed by atoms with van der Waals surface area (Å²) in [7, 11) is 0. The van der Waals surface area contributed by atoms with Crippen LogP contribution in [0.2, 0.25) is 0 Å². The van der Waals surface area contributed by atoms with E-state index in [0.29, 0.717) is 12.2 Å². The summed E-state index contributed by atoms with van der Waals surface area (Å²) in [5.74, 6) is 0.585. The number of carbonyl (C=O) groups excluding carboxylic acids is 1. The zero-order chi connectivity index (χ0) is 18.6. The Balaban J connectivity index is 1.40. The van der Waals surface area contributed by atoms with Crippen molar-refractivity contribution in [1.29, 1.82) is 0 Å². The molecule has 0 aliphatic heterocycles. The predicted octanol–water partition coefficient (Wildman–Crippen LogP) is 5.44. The van der Waals surface area contributed by atoms with Gasteiger partial charge in [-0.1, -0.05) is 30.3 Å². The Morgan fingerprint density at radius 2 is 1.81 bits per heavy atom. The van der Waals surface area contributed by atoms with E-state index in [1.165, 1.54) is 0 Å². The van der Waals surface area contributed by atoms with Crippen LogP contribution in [-0.2, 0) is 6.61 Å². The van der Waals surface area contributed by atoms with E-state index in [1.54, 1.807) is 23.5 Å². The van der Waals surface area contributed by atoms with Crippen LogP contribution < -0.4 is 10.1 Å². The van der Waals surface area contributed by atoms with Gasteiger partial charge in [0.05, 0.1) is 15.2 Å². The average molecular weight is 374 g/mol. The third-order valence-corrected chi connectivity index (χ3v) is 5.05. The molecule has 1 heterocycles. The molecule has 4 rings (SSSR count). The Morgan fingerprint density at radius 1 is 1.04 bits per heavy atom. The second kappa shape index (κ2) is 7.60. The standard InChI is InChI=1S/C22H18N2O2S/c1-15-23-20-12-9-18(13-21(20)27-15)24-22(25)17-7-10-19(11-8-17)26-14-16-5-3-2-4-6-16/h2-13H,14H2,1H3,(H,24,25). The SMILES string of the molecule is Cc1nc2ccc(NC(=O)c3ccc(OCc4ccccc4)cc3)cc2s1. The van der Waals surface area contributed by atoms with Crippen molar-refractivity contribution in [3.8, 4) is 5.75 Å². The lowest BCUT2D eigenvalue weighted by Crippen LogP contribution is -2.11. The van der Waals surface area contributed by atoms with Gasteiger partial charge in [0.2, 0.25) is 0 Å². The van der Waals surface area contributed by atoms with Crippen LogP contribution >= 0.6 is 11.3 Å². The zero-order valence-electron chi connectivity index (χ0n) is 14.8. The van der Waals surface area contributed by atoms with E-state index < -0.39 is 0 Å². The summed E-state index contributed by atoms with van der Waals surface area (Å²) in [4.78, 5) is 16.9. The lowest BCUT2D eigenvalue weighted by Gasteiger charge is -2.08. The van der Waals surface area contributed by atoms with Gasteiger partial charge in [-0.05, 0) is 55.0 Å². The summed E-state index contributed by atoms with van der Waals surface area (Å²) in [5, 5.41) is 3.95. The molecule has 1 N–H and O–H groups in total. The molecule has 0 saturated carbocycles. The van der Waals surface area contributed by atoms with Gasteiger partial charge in [-0.15, -0.1) is 11.3 Å². The van der Waals surface area contributed by atoms with E-state index in [0.717, 1.165) is 32.2 Å². The molecular formula is C22H18N2O2S. The quantitative estimate of drug-likeness (QED) is 0.506. The number of anilines is 1. The molecule has 0 spiro atoms. The normalized spacial score (nSPS) is 10.7. The topological polar surface area (TPSA) is 51.2 Å². The number of hydrogen-bond acceptors (Lipinski definition) is 4. The Hall–Kier alpha value is -3.18. The molecule has 0 unspecified atom stereocenters. The highest BCUT2D eigenvalue weighted by Crippen LogP contribution is 2.25. The van der Waals surface area contributed by atoms with Crippen molar-refractivity contribution < 1.29 is 9.53 Å². The van der Waals surface area contributed by atoms with E-state index >= 15 is 0 Å². The van der Waals surface area contributed by atoms with Crippen molar-refractivity contribution in [3.05, 3.63) is 88.9 Å². The van der Waals surface area contributed by atoms with Gasteiger partial charge >= 0.3 is 0 Å². The minimum atomic E-state index is -0.148. The third-order valence-electron chi connectivity index (χ3n) is 4.12. The average Bonchev–Trinajstić information content (AvgIpc) is 3.07. The van der Waals surface area contributed by atoms with Gasteiger partial charge in [-0.25, -0.2) is 4.98 Å². The first kappa shape index (κ1) is 17.2. The number of carbonyl (C=O) groups is 1. The minimum Gasteiger partial charge on any atom is -0.489 e. The van der Waals surface area contributed by atoms with Gasteiger partial charge in [0.15, 0.2) is 0 Å². The van der Waals surface area contributed by atoms with Crippen LogP contribution in [0.25, 0.3) is 10.2 Å². The zero-order valence-corrected chi connectivity index (χ0v) is 15.6. The van der Waals surface area contributed by atoms with Crippen molar-refractivity contribution in [3.63, 3.8) is 0 Å². The van der Waals surface area contributed by atoms with Crippen LogP contribution in [0.1, 0.15) is 20.9 Å². The Morgan fingerprint density at radius 3 is 2.59 bits per heavy atom. The van der Waals surface area contributed by atoms with E-state index in [9.17, 15) is 4.79 Å². The van der Waals surface area contributed by atoms with E-state index in [2.05, 4.69) is 10.3 Å². The van der Waals surface area contributed by atoms with Crippen LogP contribution in [0.4, 0.5) is 5.69 Å². The highest BCUT2D eigenvalue weighted by molar-refractivity contribution is 7.18. The molecule has 1 amide bonds. The van der Waals surface area contributed by atoms with Gasteiger partial charge in [0.1, 0.15) is 12.4 Å². The molecule has 5 heteroatoms. The van der Waals surface area contributed by atoms with Crippen molar-refractivity contribution in [2.45, 2.75) is 13.5 Å². The molecule has 134 valence electrons. The van der Waals surface area contributed by atoms with Crippen LogP contribution in [0, 0.1) is 6.92 Å². The summed E-state index contributed by atoms with van der Waals surface area (Å²) in [6.45, 7) is 2.48. The maximum absolute atomic E-state index is 12.5. The fourth-order valence-corrected chi connectivity index (χ4v) is 3.63. The molecule has 0 bridgehead atoms. The first-order valence-electron chi connectivity index (χ1n) is 8.63. The monoisotopic (exact) mass is 374 g/mol. The third kappa shape index (κ3) is 4.15. The van der Waals surface area contributed by atoms with Crippen molar-refractivity contribution in [2.24, 2.45) is 0 Å². The van der Waals surface area contributed by atoms with Crippen LogP contribution in [0.3, 0.4) is 0 Å². The number of aryl methyl sites for hydroxylation is 1. The number of thiazole rings is 1. The number of hydrogen-bond donors (Lipinski definition) is 1. The van der Waals surface area contributed by atoms with E-state index in [1.807, 2.05) is 67.6 Å². The molecular weight excluding hydrogens is 356 g/mol. The fraction of sp³-hybridized carbons (Fsp3) is 0.0909. The number of nitrogens with zero attached hydrogens (tertiary/aromatic N) is 1. The van der Waals surface area contributed by atoms with Gasteiger partial charge < -0.3 is 10.1 Å². The molecule has 1 aromatic heterocycles. The molecule has 0 aliphatic carbocycles. The number of benzene rings is 3. The van der Waals surface area contributed by atoms with Crippen molar-refractivity contribution in [1.82, 2.24) is 4.98 Å². The Kier molecular flexibility index (Phi) is 4.85. The Bertz CT molecular complexity index is 1070. The van der Waals surface area contributed by atoms with E-state index in [-0.39, 0.29) is 5.91 Å². The fourth-order valence-electron chi connectivity index (χ4n) is 2.76. The first-order valence-corrected chi connectivity index (χ1v) is 9.44. The van der Waals surface area contributed by atoms with E-state index in [4.69, 9.17) is 4.74 Å². The number of rotatable bonds is 5. The number of amides is 1. The number of aromatic nitrogens is 1. The summed E-state index contributed by atoms with van der Waals surface area (Å²) in [6.07, 6.45) is 0. The summed E-state index contributed by atoms with van der Waals surface area (Å²) < 4.78 is 6.82. The van der Waals surface area contributed by atoms with Crippen LogP contribution in [-0.4, -0.2) is 10.9 Å². The number of fused-ring (bicyclic) bond motifs is 1. The summed E-state index contributed by atoms with van der Waals surface area (Å²) in [6, 6.07) is 22.9. The molecule has 0 fully saturated rings. The first-order chi connectivity index (χ1) is 13.2. The van der Waals surface area contributed by atoms with Crippen LogP contribution in [0.15, 0.2) is 72.8 Å².